The molecule has 1 saturated carbocycles. The lowest BCUT2D eigenvalue weighted by molar-refractivity contribution is -0.139. The Hall–Kier alpha value is -2.63. The molecule has 0 radical (unpaired) electrons. The number of rotatable bonds is 4. The summed E-state index contributed by atoms with van der Waals surface area (Å²) < 4.78 is 1.96. The van der Waals surface area contributed by atoms with Gasteiger partial charge in [-0.1, -0.05) is 12.1 Å². The Morgan fingerprint density at radius 3 is 2.37 bits per heavy atom. The van der Waals surface area contributed by atoms with Crippen LogP contribution in [0.25, 0.3) is 0 Å². The van der Waals surface area contributed by atoms with Gasteiger partial charge in [0.1, 0.15) is 0 Å². The van der Waals surface area contributed by atoms with Gasteiger partial charge in [0.05, 0.1) is 18.2 Å². The lowest BCUT2D eigenvalue weighted by atomic mass is 9.90. The van der Waals surface area contributed by atoms with Crippen LogP contribution in [0.15, 0.2) is 30.3 Å². The molecule has 0 bridgehead atoms. The summed E-state index contributed by atoms with van der Waals surface area (Å²) in [4.78, 5) is 25.8. The van der Waals surface area contributed by atoms with E-state index in [2.05, 4.69) is 11.2 Å². The van der Waals surface area contributed by atoms with Crippen molar-refractivity contribution in [1.82, 2.24) is 14.7 Å². The maximum Gasteiger partial charge on any atom is 0.307 e. The molecule has 1 aliphatic heterocycles. The summed E-state index contributed by atoms with van der Waals surface area (Å²) in [6.07, 6.45) is 2.36. The van der Waals surface area contributed by atoms with Crippen LogP contribution in [0, 0.1) is 25.2 Å². The van der Waals surface area contributed by atoms with E-state index in [1.807, 2.05) is 47.7 Å². The summed E-state index contributed by atoms with van der Waals surface area (Å²) >= 11 is 0. The smallest absolute Gasteiger partial charge is 0.307 e. The molecule has 1 atom stereocenters. The molecule has 142 valence electrons. The van der Waals surface area contributed by atoms with E-state index in [9.17, 15) is 14.7 Å². The van der Waals surface area contributed by atoms with Gasteiger partial charge in [0, 0.05) is 24.3 Å². The Morgan fingerprint density at radius 2 is 1.85 bits per heavy atom. The second-order valence-electron chi connectivity index (χ2n) is 8.03. The standard InChI is InChI=1S/C21H25N3O3/c1-14-11-15(2)24(22-14)13-16-3-5-17(6-4-16)19(25)23-9-7-21(8-10-23)12-18(21)20(26)27/h3-6,11,18H,7-10,12-13H2,1-2H3,(H,26,27). The van der Waals surface area contributed by atoms with E-state index in [0.29, 0.717) is 25.2 Å². The maximum absolute atomic E-state index is 12.8. The van der Waals surface area contributed by atoms with E-state index in [4.69, 9.17) is 0 Å². The molecule has 1 aromatic heterocycles. The number of carbonyl (C=O) groups is 2. The molecule has 1 aliphatic carbocycles. The average molecular weight is 367 g/mol. The summed E-state index contributed by atoms with van der Waals surface area (Å²) in [5, 5.41) is 13.7. The minimum Gasteiger partial charge on any atom is -0.481 e. The van der Waals surface area contributed by atoms with Gasteiger partial charge in [-0.05, 0) is 62.3 Å². The van der Waals surface area contributed by atoms with Crippen LogP contribution >= 0.6 is 0 Å². The number of likely N-dealkylation sites (tertiary alicyclic amines) is 1. The van der Waals surface area contributed by atoms with E-state index in [0.717, 1.165) is 36.2 Å². The van der Waals surface area contributed by atoms with Crippen LogP contribution in [-0.4, -0.2) is 44.8 Å². The van der Waals surface area contributed by atoms with Crippen LogP contribution in [0.1, 0.15) is 46.6 Å². The number of hydrogen-bond acceptors (Lipinski definition) is 3. The zero-order chi connectivity index (χ0) is 19.2. The van der Waals surface area contributed by atoms with E-state index in [1.165, 1.54) is 0 Å². The fourth-order valence-corrected chi connectivity index (χ4v) is 4.35. The molecule has 1 amide bonds. The molecule has 1 spiro atoms. The number of nitrogens with zero attached hydrogens (tertiary/aromatic N) is 3. The lowest BCUT2D eigenvalue weighted by Gasteiger charge is -2.32. The van der Waals surface area contributed by atoms with Crippen molar-refractivity contribution in [3.8, 4) is 0 Å². The van der Waals surface area contributed by atoms with Crippen LogP contribution in [0.3, 0.4) is 0 Å². The number of carbonyl (C=O) groups excluding carboxylic acids is 1. The average Bonchev–Trinajstić information content (AvgIpc) is 3.26. The van der Waals surface area contributed by atoms with Crippen molar-refractivity contribution < 1.29 is 14.7 Å². The molecule has 27 heavy (non-hydrogen) atoms. The summed E-state index contributed by atoms with van der Waals surface area (Å²) in [5.41, 5.74) is 3.87. The van der Waals surface area contributed by atoms with Gasteiger partial charge in [-0.3, -0.25) is 14.3 Å². The van der Waals surface area contributed by atoms with Gasteiger partial charge >= 0.3 is 5.97 Å². The van der Waals surface area contributed by atoms with Crippen molar-refractivity contribution in [3.05, 3.63) is 52.8 Å². The first kappa shape index (κ1) is 17.8. The van der Waals surface area contributed by atoms with Crippen molar-refractivity contribution in [2.24, 2.45) is 11.3 Å². The number of hydrogen-bond donors (Lipinski definition) is 1. The Labute approximate surface area is 158 Å². The first-order valence-corrected chi connectivity index (χ1v) is 9.50. The highest BCUT2D eigenvalue weighted by Gasteiger charge is 2.59. The normalized spacial score (nSPS) is 20.7. The Kier molecular flexibility index (Phi) is 4.29. The van der Waals surface area contributed by atoms with E-state index >= 15 is 0 Å². The number of aliphatic carboxylic acids is 1. The van der Waals surface area contributed by atoms with Crippen LogP contribution in [-0.2, 0) is 11.3 Å². The fourth-order valence-electron chi connectivity index (χ4n) is 4.35. The van der Waals surface area contributed by atoms with Gasteiger partial charge < -0.3 is 10.0 Å². The number of amides is 1. The molecule has 1 unspecified atom stereocenters. The molecule has 2 heterocycles. The SMILES string of the molecule is Cc1cc(C)n(Cc2ccc(C(=O)N3CCC4(CC3)CC4C(=O)O)cc2)n1. The summed E-state index contributed by atoms with van der Waals surface area (Å²) in [7, 11) is 0. The van der Waals surface area contributed by atoms with Gasteiger partial charge in [0.2, 0.25) is 0 Å². The first-order valence-electron chi connectivity index (χ1n) is 9.50. The van der Waals surface area contributed by atoms with Gasteiger partial charge in [-0.2, -0.15) is 5.10 Å². The number of carboxylic acids is 1. The van der Waals surface area contributed by atoms with Gasteiger partial charge in [-0.25, -0.2) is 0 Å². The predicted octanol–water partition coefficient (Wildman–Crippen LogP) is 2.88. The minimum atomic E-state index is -0.687. The fraction of sp³-hybridized carbons (Fsp3) is 0.476. The van der Waals surface area contributed by atoms with Crippen molar-refractivity contribution in [2.45, 2.75) is 39.7 Å². The molecule has 1 N–H and O–H groups in total. The zero-order valence-corrected chi connectivity index (χ0v) is 15.8. The van der Waals surface area contributed by atoms with Crippen LogP contribution in [0.5, 0.6) is 0 Å². The Morgan fingerprint density at radius 1 is 1.19 bits per heavy atom. The molecular formula is C21H25N3O3. The summed E-state index contributed by atoms with van der Waals surface area (Å²) in [6, 6.07) is 9.78. The number of aryl methyl sites for hydroxylation is 2. The number of aromatic nitrogens is 2. The molecule has 6 heteroatoms. The van der Waals surface area contributed by atoms with Crippen molar-refractivity contribution >= 4 is 11.9 Å². The van der Waals surface area contributed by atoms with Crippen molar-refractivity contribution in [1.29, 1.82) is 0 Å². The molecule has 1 saturated heterocycles. The summed E-state index contributed by atoms with van der Waals surface area (Å²) in [5.74, 6) is -0.855. The topological polar surface area (TPSA) is 75.4 Å². The third-order valence-corrected chi connectivity index (χ3v) is 6.17. The number of carboxylic acid groups (broad SMARTS) is 1. The second kappa shape index (κ2) is 6.51. The Balaban J connectivity index is 1.37. The van der Waals surface area contributed by atoms with Crippen LogP contribution in [0.2, 0.25) is 0 Å². The first-order chi connectivity index (χ1) is 12.9. The number of piperidine rings is 1. The Bertz CT molecular complexity index is 877. The predicted molar refractivity (Wildman–Crippen MR) is 101 cm³/mol. The lowest BCUT2D eigenvalue weighted by Crippen LogP contribution is -2.40. The van der Waals surface area contributed by atoms with E-state index < -0.39 is 5.97 Å². The highest BCUT2D eigenvalue weighted by Crippen LogP contribution is 2.59. The molecule has 2 aliphatic rings. The third kappa shape index (κ3) is 3.36. The molecule has 4 rings (SSSR count). The highest BCUT2D eigenvalue weighted by molar-refractivity contribution is 5.94. The maximum atomic E-state index is 12.8. The van der Waals surface area contributed by atoms with Gasteiger partial charge in [0.25, 0.3) is 5.91 Å². The third-order valence-electron chi connectivity index (χ3n) is 6.17. The molecule has 1 aromatic carbocycles. The monoisotopic (exact) mass is 367 g/mol. The van der Waals surface area contributed by atoms with Crippen molar-refractivity contribution in [3.63, 3.8) is 0 Å². The van der Waals surface area contributed by atoms with E-state index in [-0.39, 0.29) is 17.2 Å². The highest BCUT2D eigenvalue weighted by atomic mass is 16.4. The quantitative estimate of drug-likeness (QED) is 0.902. The largest absolute Gasteiger partial charge is 0.481 e. The molecule has 6 nitrogen and oxygen atoms in total. The van der Waals surface area contributed by atoms with Crippen molar-refractivity contribution in [2.75, 3.05) is 13.1 Å². The van der Waals surface area contributed by atoms with Crippen LogP contribution < -0.4 is 0 Å². The molecule has 2 aromatic rings. The second-order valence-corrected chi connectivity index (χ2v) is 8.03. The summed E-state index contributed by atoms with van der Waals surface area (Å²) in [6.45, 7) is 6.01. The number of benzene rings is 1. The van der Waals surface area contributed by atoms with Crippen LogP contribution in [0.4, 0.5) is 0 Å². The molecular weight excluding hydrogens is 342 g/mol. The van der Waals surface area contributed by atoms with Gasteiger partial charge in [-0.15, -0.1) is 0 Å². The van der Waals surface area contributed by atoms with E-state index in [1.54, 1.807) is 0 Å². The minimum absolute atomic E-state index is 0.0371. The molecule has 2 fully saturated rings. The zero-order valence-electron chi connectivity index (χ0n) is 15.8. The van der Waals surface area contributed by atoms with Gasteiger partial charge in [0.15, 0.2) is 0 Å².